The number of nitrogen functional groups attached to an aromatic ring is 1. The van der Waals surface area contributed by atoms with Gasteiger partial charge in [-0.3, -0.25) is 10.2 Å². The average molecular weight is 375 g/mol. The summed E-state index contributed by atoms with van der Waals surface area (Å²) in [6, 6.07) is 9.98. The van der Waals surface area contributed by atoms with Gasteiger partial charge in [0.15, 0.2) is 12.2 Å². The van der Waals surface area contributed by atoms with Crippen LogP contribution in [0.5, 0.6) is 5.75 Å². The second-order valence-corrected chi connectivity index (χ2v) is 5.98. The molecule has 0 saturated carbocycles. The Morgan fingerprint density at radius 3 is 2.79 bits per heavy atom. The molecule has 0 aliphatic carbocycles. The number of amides is 1. The molecule has 8 heteroatoms. The molecule has 0 fully saturated rings. The van der Waals surface area contributed by atoms with Crippen LogP contribution in [-0.4, -0.2) is 23.7 Å². The van der Waals surface area contributed by atoms with E-state index in [0.717, 1.165) is 0 Å². The summed E-state index contributed by atoms with van der Waals surface area (Å²) in [5.74, 6) is 0.166. The number of rotatable bonds is 5. The van der Waals surface area contributed by atoms with Gasteiger partial charge in [0.05, 0.1) is 30.5 Å². The molecular formula is C20H17N5O3. The number of carbonyl (C=O) groups is 1. The van der Waals surface area contributed by atoms with Crippen LogP contribution in [0.25, 0.3) is 0 Å². The molecule has 1 aromatic heterocycles. The quantitative estimate of drug-likeness (QED) is 0.463. The van der Waals surface area contributed by atoms with Gasteiger partial charge in [0, 0.05) is 16.9 Å². The van der Waals surface area contributed by atoms with Gasteiger partial charge in [0.25, 0.3) is 5.91 Å². The fraction of sp³-hybridized carbons (Fsp3) is 0.100. The lowest BCUT2D eigenvalue weighted by Crippen LogP contribution is -2.16. The number of ether oxygens (including phenoxy) is 1. The van der Waals surface area contributed by atoms with Crippen molar-refractivity contribution in [3.05, 3.63) is 70.9 Å². The number of anilines is 2. The molecule has 0 radical (unpaired) electrons. The van der Waals surface area contributed by atoms with Gasteiger partial charge >= 0.3 is 0 Å². The summed E-state index contributed by atoms with van der Waals surface area (Å²) in [6.07, 6.45) is 2.64. The normalized spacial score (nSPS) is 10.2. The predicted octanol–water partition coefficient (Wildman–Crippen LogP) is 3.11. The van der Waals surface area contributed by atoms with E-state index in [4.69, 9.17) is 25.6 Å². The first-order valence-electron chi connectivity index (χ1n) is 8.22. The number of aromatic nitrogens is 1. The first kappa shape index (κ1) is 18.7. The third-order valence-corrected chi connectivity index (χ3v) is 4.13. The third kappa shape index (κ3) is 3.54. The van der Waals surface area contributed by atoms with Crippen LogP contribution in [0, 0.1) is 23.7 Å². The minimum absolute atomic E-state index is 0.0539. The maximum atomic E-state index is 12.8. The highest BCUT2D eigenvalue weighted by molar-refractivity contribution is 6.13. The molecule has 0 aliphatic rings. The van der Waals surface area contributed by atoms with Crippen molar-refractivity contribution in [1.82, 2.24) is 4.98 Å². The first-order valence-corrected chi connectivity index (χ1v) is 8.22. The molecule has 2 aromatic carbocycles. The fourth-order valence-corrected chi connectivity index (χ4v) is 2.79. The molecule has 3 aromatic rings. The SMILES string of the molecule is COc1cc(C#N)cc(C)c1C(=O)Nc1ccc(N)c(C(=N)c2cnco2)c1. The van der Waals surface area contributed by atoms with E-state index >= 15 is 0 Å². The zero-order chi connectivity index (χ0) is 20.3. The van der Waals surface area contributed by atoms with Crippen molar-refractivity contribution in [2.75, 3.05) is 18.2 Å². The van der Waals surface area contributed by atoms with Gasteiger partial charge < -0.3 is 20.2 Å². The number of nitrogens with one attached hydrogen (secondary N) is 2. The second-order valence-electron chi connectivity index (χ2n) is 5.98. The van der Waals surface area contributed by atoms with Crippen molar-refractivity contribution in [3.63, 3.8) is 0 Å². The van der Waals surface area contributed by atoms with E-state index in [1.54, 1.807) is 31.2 Å². The molecular weight excluding hydrogens is 358 g/mol. The van der Waals surface area contributed by atoms with E-state index in [1.165, 1.54) is 25.8 Å². The standard InChI is InChI=1S/C20H17N5O3/c1-11-5-12(8-21)6-16(27-2)18(11)20(26)25-13-3-4-15(22)14(7-13)19(23)17-9-24-10-28-17/h3-7,9-10,23H,22H2,1-2H3,(H,25,26). The highest BCUT2D eigenvalue weighted by Crippen LogP contribution is 2.27. The van der Waals surface area contributed by atoms with E-state index in [9.17, 15) is 4.79 Å². The monoisotopic (exact) mass is 375 g/mol. The van der Waals surface area contributed by atoms with Crippen LogP contribution in [0.2, 0.25) is 0 Å². The van der Waals surface area contributed by atoms with Crippen molar-refractivity contribution in [1.29, 1.82) is 10.7 Å². The van der Waals surface area contributed by atoms with Crippen LogP contribution >= 0.6 is 0 Å². The number of hydrogen-bond acceptors (Lipinski definition) is 7. The van der Waals surface area contributed by atoms with Gasteiger partial charge in [-0.25, -0.2) is 4.98 Å². The van der Waals surface area contributed by atoms with Crippen LogP contribution in [0.15, 0.2) is 47.3 Å². The number of aryl methyl sites for hydroxylation is 1. The summed E-state index contributed by atoms with van der Waals surface area (Å²) >= 11 is 0. The Kier molecular flexibility index (Phi) is 5.09. The lowest BCUT2D eigenvalue weighted by atomic mass is 10.0. The van der Waals surface area contributed by atoms with Crippen molar-refractivity contribution < 1.29 is 13.9 Å². The zero-order valence-corrected chi connectivity index (χ0v) is 15.2. The summed E-state index contributed by atoms with van der Waals surface area (Å²) in [5, 5.41) is 20.1. The number of carbonyl (C=O) groups excluding carboxylic acids is 1. The van der Waals surface area contributed by atoms with Gasteiger partial charge in [0.2, 0.25) is 0 Å². The van der Waals surface area contributed by atoms with Gasteiger partial charge in [-0.1, -0.05) is 0 Å². The largest absolute Gasteiger partial charge is 0.496 e. The molecule has 1 heterocycles. The van der Waals surface area contributed by atoms with E-state index in [-0.39, 0.29) is 11.5 Å². The molecule has 0 atom stereocenters. The van der Waals surface area contributed by atoms with Crippen LogP contribution in [0.3, 0.4) is 0 Å². The molecule has 1 amide bonds. The molecule has 140 valence electrons. The molecule has 0 spiro atoms. The lowest BCUT2D eigenvalue weighted by molar-refractivity contribution is 0.102. The first-order chi connectivity index (χ1) is 13.4. The fourth-order valence-electron chi connectivity index (χ4n) is 2.79. The lowest BCUT2D eigenvalue weighted by Gasteiger charge is -2.14. The molecule has 0 unspecified atom stereocenters. The van der Waals surface area contributed by atoms with Crippen LogP contribution in [0.4, 0.5) is 11.4 Å². The minimum Gasteiger partial charge on any atom is -0.496 e. The Morgan fingerprint density at radius 1 is 1.36 bits per heavy atom. The minimum atomic E-state index is -0.402. The number of methoxy groups -OCH3 is 1. The summed E-state index contributed by atoms with van der Waals surface area (Å²) < 4.78 is 10.4. The van der Waals surface area contributed by atoms with E-state index in [0.29, 0.717) is 39.4 Å². The number of benzene rings is 2. The molecule has 8 nitrogen and oxygen atoms in total. The van der Waals surface area contributed by atoms with Crippen molar-refractivity contribution >= 4 is 23.0 Å². The summed E-state index contributed by atoms with van der Waals surface area (Å²) in [4.78, 5) is 16.6. The number of nitrogens with zero attached hydrogens (tertiary/aromatic N) is 2. The van der Waals surface area contributed by atoms with Gasteiger partial charge in [0.1, 0.15) is 11.5 Å². The van der Waals surface area contributed by atoms with Crippen molar-refractivity contribution in [3.8, 4) is 11.8 Å². The molecule has 3 rings (SSSR count). The molecule has 28 heavy (non-hydrogen) atoms. The maximum absolute atomic E-state index is 12.8. The summed E-state index contributed by atoms with van der Waals surface area (Å²) in [7, 11) is 1.44. The smallest absolute Gasteiger partial charge is 0.259 e. The Balaban J connectivity index is 1.93. The molecule has 0 bridgehead atoms. The Labute approximate surface area is 161 Å². The maximum Gasteiger partial charge on any atom is 0.259 e. The van der Waals surface area contributed by atoms with Crippen LogP contribution < -0.4 is 15.8 Å². The van der Waals surface area contributed by atoms with Crippen LogP contribution in [0.1, 0.15) is 32.8 Å². The topological polar surface area (TPSA) is 138 Å². The highest BCUT2D eigenvalue weighted by Gasteiger charge is 2.18. The highest BCUT2D eigenvalue weighted by atomic mass is 16.5. The number of hydrogen-bond donors (Lipinski definition) is 3. The van der Waals surface area contributed by atoms with Gasteiger partial charge in [-0.2, -0.15) is 5.26 Å². The Hall–Kier alpha value is -4.12. The predicted molar refractivity (Wildman–Crippen MR) is 104 cm³/mol. The average Bonchev–Trinajstić information content (AvgIpc) is 3.22. The van der Waals surface area contributed by atoms with E-state index < -0.39 is 5.91 Å². The molecule has 0 saturated heterocycles. The number of nitriles is 1. The Bertz CT molecular complexity index is 1100. The summed E-state index contributed by atoms with van der Waals surface area (Å²) in [5.41, 5.74) is 8.58. The van der Waals surface area contributed by atoms with E-state index in [2.05, 4.69) is 10.3 Å². The third-order valence-electron chi connectivity index (χ3n) is 4.13. The van der Waals surface area contributed by atoms with E-state index in [1.807, 2.05) is 6.07 Å². The summed E-state index contributed by atoms with van der Waals surface area (Å²) in [6.45, 7) is 1.73. The van der Waals surface area contributed by atoms with Crippen molar-refractivity contribution in [2.45, 2.75) is 6.92 Å². The molecule has 0 aliphatic heterocycles. The van der Waals surface area contributed by atoms with Gasteiger partial charge in [-0.05, 0) is 42.8 Å². The number of oxazole rings is 1. The number of nitrogens with two attached hydrogens (primary N) is 1. The molecule has 4 N–H and O–H groups in total. The second kappa shape index (κ2) is 7.63. The van der Waals surface area contributed by atoms with Gasteiger partial charge in [-0.15, -0.1) is 0 Å². The zero-order valence-electron chi connectivity index (χ0n) is 15.2. The van der Waals surface area contributed by atoms with Crippen LogP contribution in [-0.2, 0) is 0 Å². The van der Waals surface area contributed by atoms with Crippen molar-refractivity contribution in [2.24, 2.45) is 0 Å². The Morgan fingerprint density at radius 2 is 2.14 bits per heavy atom.